The van der Waals surface area contributed by atoms with Crippen LogP contribution in [0.5, 0.6) is 0 Å². The predicted octanol–water partition coefficient (Wildman–Crippen LogP) is 2.43. The van der Waals surface area contributed by atoms with Crippen molar-refractivity contribution in [3.8, 4) is 0 Å². The van der Waals surface area contributed by atoms with E-state index in [4.69, 9.17) is 9.26 Å². The zero-order valence-corrected chi connectivity index (χ0v) is 9.14. The van der Waals surface area contributed by atoms with E-state index in [9.17, 15) is 0 Å². The summed E-state index contributed by atoms with van der Waals surface area (Å²) in [5.74, 6) is 0.743. The number of ether oxygens (including phenoxy) is 1. The highest BCUT2D eigenvalue weighted by molar-refractivity contribution is 5.42. The van der Waals surface area contributed by atoms with E-state index in [0.717, 1.165) is 17.1 Å². The van der Waals surface area contributed by atoms with Gasteiger partial charge in [-0.05, 0) is 12.1 Å². The molecule has 2 rings (SSSR count). The number of anilines is 1. The van der Waals surface area contributed by atoms with Crippen molar-refractivity contribution in [2.45, 2.75) is 13.2 Å². The fraction of sp³-hybridized carbons (Fsp3) is 0.250. The van der Waals surface area contributed by atoms with Gasteiger partial charge in [-0.25, -0.2) is 0 Å². The van der Waals surface area contributed by atoms with Crippen LogP contribution in [0, 0.1) is 0 Å². The number of nitrogens with zero attached hydrogens (tertiary/aromatic N) is 1. The van der Waals surface area contributed by atoms with Crippen LogP contribution < -0.4 is 5.32 Å². The van der Waals surface area contributed by atoms with E-state index in [1.165, 1.54) is 0 Å². The third kappa shape index (κ3) is 2.84. The molecule has 0 aliphatic carbocycles. The van der Waals surface area contributed by atoms with Crippen LogP contribution in [-0.2, 0) is 17.9 Å². The molecule has 4 nitrogen and oxygen atoms in total. The summed E-state index contributed by atoms with van der Waals surface area (Å²) in [6, 6.07) is 11.9. The summed E-state index contributed by atoms with van der Waals surface area (Å²) in [7, 11) is 1.63. The molecule has 0 unspecified atom stereocenters. The average Bonchev–Trinajstić information content (AvgIpc) is 2.76. The maximum Gasteiger partial charge on any atom is 0.162 e. The molecule has 0 fully saturated rings. The lowest BCUT2D eigenvalue weighted by Gasteiger charge is -2.02. The number of hydrogen-bond acceptors (Lipinski definition) is 4. The monoisotopic (exact) mass is 218 g/mol. The van der Waals surface area contributed by atoms with E-state index < -0.39 is 0 Å². The second-order valence-electron chi connectivity index (χ2n) is 3.44. The first-order valence-electron chi connectivity index (χ1n) is 5.11. The van der Waals surface area contributed by atoms with E-state index in [1.807, 2.05) is 36.4 Å². The number of hydrogen-bond donors (Lipinski definition) is 1. The van der Waals surface area contributed by atoms with Gasteiger partial charge in [0.1, 0.15) is 12.3 Å². The molecule has 0 saturated carbocycles. The molecule has 0 amide bonds. The third-order valence-electron chi connectivity index (χ3n) is 2.14. The lowest BCUT2D eigenvalue weighted by atomic mass is 10.3. The lowest BCUT2D eigenvalue weighted by molar-refractivity contribution is 0.156. The summed E-state index contributed by atoms with van der Waals surface area (Å²) >= 11 is 0. The Morgan fingerprint density at radius 1 is 1.31 bits per heavy atom. The first-order chi connectivity index (χ1) is 7.88. The molecule has 0 aliphatic rings. The van der Waals surface area contributed by atoms with Crippen molar-refractivity contribution < 1.29 is 9.26 Å². The standard InChI is InChI=1S/C12H14N2O2/c1-15-9-12-7-11(14-16-12)8-13-10-5-3-2-4-6-10/h2-7,13H,8-9H2,1H3. The van der Waals surface area contributed by atoms with Crippen molar-refractivity contribution in [3.05, 3.63) is 47.9 Å². The number of benzene rings is 1. The molecule has 16 heavy (non-hydrogen) atoms. The smallest absolute Gasteiger partial charge is 0.162 e. The Labute approximate surface area is 94.2 Å². The van der Waals surface area contributed by atoms with Gasteiger partial charge in [-0.15, -0.1) is 0 Å². The summed E-state index contributed by atoms with van der Waals surface area (Å²) < 4.78 is 10.0. The van der Waals surface area contributed by atoms with E-state index in [1.54, 1.807) is 7.11 Å². The van der Waals surface area contributed by atoms with Crippen LogP contribution in [-0.4, -0.2) is 12.3 Å². The molecule has 2 aromatic rings. The van der Waals surface area contributed by atoms with Crippen molar-refractivity contribution in [2.75, 3.05) is 12.4 Å². The quantitative estimate of drug-likeness (QED) is 0.837. The average molecular weight is 218 g/mol. The first kappa shape index (κ1) is 10.7. The molecule has 0 bridgehead atoms. The Hall–Kier alpha value is -1.81. The Morgan fingerprint density at radius 2 is 2.12 bits per heavy atom. The molecule has 0 aliphatic heterocycles. The maximum atomic E-state index is 5.08. The van der Waals surface area contributed by atoms with Gasteiger partial charge in [0, 0.05) is 18.9 Å². The number of nitrogens with one attached hydrogen (secondary N) is 1. The minimum absolute atomic E-state index is 0.457. The van der Waals surface area contributed by atoms with Gasteiger partial charge < -0.3 is 14.6 Å². The summed E-state index contributed by atoms with van der Waals surface area (Å²) in [6.45, 7) is 1.11. The molecule has 1 heterocycles. The number of rotatable bonds is 5. The molecule has 4 heteroatoms. The maximum absolute atomic E-state index is 5.08. The van der Waals surface area contributed by atoms with E-state index in [-0.39, 0.29) is 0 Å². The molecule has 0 radical (unpaired) electrons. The number of methoxy groups -OCH3 is 1. The lowest BCUT2D eigenvalue weighted by Crippen LogP contribution is -1.98. The minimum Gasteiger partial charge on any atom is -0.379 e. The Bertz CT molecular complexity index is 426. The minimum atomic E-state index is 0.457. The molecular weight excluding hydrogens is 204 g/mol. The highest BCUT2D eigenvalue weighted by Gasteiger charge is 2.02. The summed E-state index contributed by atoms with van der Waals surface area (Å²) in [5.41, 5.74) is 1.94. The van der Waals surface area contributed by atoms with Crippen molar-refractivity contribution >= 4 is 5.69 Å². The van der Waals surface area contributed by atoms with Gasteiger partial charge >= 0.3 is 0 Å². The molecule has 0 atom stereocenters. The summed E-state index contributed by atoms with van der Waals surface area (Å²) in [5, 5.41) is 7.19. The van der Waals surface area contributed by atoms with Crippen LogP contribution in [0.15, 0.2) is 40.9 Å². The van der Waals surface area contributed by atoms with Crippen LogP contribution in [0.1, 0.15) is 11.5 Å². The topological polar surface area (TPSA) is 47.3 Å². The molecule has 1 aromatic heterocycles. The van der Waals surface area contributed by atoms with Crippen molar-refractivity contribution in [3.63, 3.8) is 0 Å². The summed E-state index contributed by atoms with van der Waals surface area (Å²) in [6.07, 6.45) is 0. The van der Waals surface area contributed by atoms with Gasteiger partial charge in [0.25, 0.3) is 0 Å². The van der Waals surface area contributed by atoms with Crippen molar-refractivity contribution in [1.29, 1.82) is 0 Å². The van der Waals surface area contributed by atoms with Gasteiger partial charge in [0.15, 0.2) is 5.76 Å². The van der Waals surface area contributed by atoms with Crippen LogP contribution in [0.4, 0.5) is 5.69 Å². The van der Waals surface area contributed by atoms with Crippen LogP contribution in [0.3, 0.4) is 0 Å². The molecule has 84 valence electrons. The second-order valence-corrected chi connectivity index (χ2v) is 3.44. The Kier molecular flexibility index (Phi) is 3.56. The number of aromatic nitrogens is 1. The fourth-order valence-corrected chi connectivity index (χ4v) is 1.40. The first-order valence-corrected chi connectivity index (χ1v) is 5.11. The van der Waals surface area contributed by atoms with E-state index >= 15 is 0 Å². The molecule has 1 N–H and O–H groups in total. The van der Waals surface area contributed by atoms with Gasteiger partial charge in [-0.2, -0.15) is 0 Å². The highest BCUT2D eigenvalue weighted by Crippen LogP contribution is 2.09. The third-order valence-corrected chi connectivity index (χ3v) is 2.14. The Morgan fingerprint density at radius 3 is 2.88 bits per heavy atom. The molecular formula is C12H14N2O2. The number of para-hydroxylation sites is 1. The van der Waals surface area contributed by atoms with Crippen molar-refractivity contribution in [2.24, 2.45) is 0 Å². The Balaban J connectivity index is 1.89. The predicted molar refractivity (Wildman–Crippen MR) is 61.0 cm³/mol. The van der Waals surface area contributed by atoms with Crippen LogP contribution >= 0.6 is 0 Å². The van der Waals surface area contributed by atoms with Gasteiger partial charge in [0.2, 0.25) is 0 Å². The van der Waals surface area contributed by atoms with Crippen LogP contribution in [0.2, 0.25) is 0 Å². The summed E-state index contributed by atoms with van der Waals surface area (Å²) in [4.78, 5) is 0. The van der Waals surface area contributed by atoms with Crippen LogP contribution in [0.25, 0.3) is 0 Å². The van der Waals surface area contributed by atoms with Gasteiger partial charge in [-0.3, -0.25) is 0 Å². The second kappa shape index (κ2) is 5.32. The van der Waals surface area contributed by atoms with E-state index in [2.05, 4.69) is 10.5 Å². The zero-order valence-electron chi connectivity index (χ0n) is 9.14. The highest BCUT2D eigenvalue weighted by atomic mass is 16.5. The van der Waals surface area contributed by atoms with Crippen molar-refractivity contribution in [1.82, 2.24) is 5.16 Å². The fourth-order valence-electron chi connectivity index (χ4n) is 1.40. The normalized spacial score (nSPS) is 10.3. The van der Waals surface area contributed by atoms with Gasteiger partial charge in [0.05, 0.1) is 6.54 Å². The molecule has 0 spiro atoms. The van der Waals surface area contributed by atoms with Gasteiger partial charge in [-0.1, -0.05) is 23.4 Å². The SMILES string of the molecule is COCc1cc(CNc2ccccc2)no1. The zero-order chi connectivity index (χ0) is 11.2. The largest absolute Gasteiger partial charge is 0.379 e. The molecule has 1 aromatic carbocycles. The molecule has 0 saturated heterocycles. The van der Waals surface area contributed by atoms with E-state index in [0.29, 0.717) is 13.2 Å².